The molecule has 3 rings (SSSR count). The third kappa shape index (κ3) is 2.96. The first kappa shape index (κ1) is 12.2. The molecular formula is C19H20. The average molecular weight is 248 g/mol. The van der Waals surface area contributed by atoms with E-state index in [4.69, 9.17) is 0 Å². The summed E-state index contributed by atoms with van der Waals surface area (Å²) < 4.78 is 0. The van der Waals surface area contributed by atoms with Crippen LogP contribution < -0.4 is 0 Å². The number of benzene rings is 2. The fourth-order valence-electron chi connectivity index (χ4n) is 2.54. The predicted molar refractivity (Wildman–Crippen MR) is 82.2 cm³/mol. The maximum Gasteiger partial charge on any atom is -0.00929 e. The summed E-state index contributed by atoms with van der Waals surface area (Å²) in [7, 11) is 0. The van der Waals surface area contributed by atoms with Crippen LogP contribution in [0, 0.1) is 19.8 Å². The lowest BCUT2D eigenvalue weighted by Gasteiger charge is -1.99. The first-order valence-electron chi connectivity index (χ1n) is 7.04. The zero-order valence-corrected chi connectivity index (χ0v) is 11.6. The van der Waals surface area contributed by atoms with Crippen molar-refractivity contribution in [2.24, 2.45) is 5.92 Å². The lowest BCUT2D eigenvalue weighted by atomic mass is 10.1. The van der Waals surface area contributed by atoms with E-state index in [0.29, 0.717) is 0 Å². The van der Waals surface area contributed by atoms with Crippen LogP contribution in [0.4, 0.5) is 0 Å². The Morgan fingerprint density at radius 3 is 2.05 bits per heavy atom. The molecule has 0 unspecified atom stereocenters. The van der Waals surface area contributed by atoms with Gasteiger partial charge in [0, 0.05) is 0 Å². The van der Waals surface area contributed by atoms with E-state index in [1.54, 1.807) is 0 Å². The van der Waals surface area contributed by atoms with Crippen LogP contribution in [0.3, 0.4) is 0 Å². The van der Waals surface area contributed by atoms with Crippen LogP contribution in [0.15, 0.2) is 54.6 Å². The van der Waals surface area contributed by atoms with Crippen LogP contribution in [-0.2, 0) is 0 Å². The van der Waals surface area contributed by atoms with Gasteiger partial charge in [0.2, 0.25) is 0 Å². The zero-order chi connectivity index (χ0) is 13.2. The first-order valence-corrected chi connectivity index (χ1v) is 7.04. The molecule has 0 amide bonds. The highest BCUT2D eigenvalue weighted by atomic mass is 14.4. The van der Waals surface area contributed by atoms with E-state index in [1.165, 1.54) is 28.7 Å². The molecule has 0 nitrogen and oxygen atoms in total. The molecule has 0 spiro atoms. The topological polar surface area (TPSA) is 0 Å². The van der Waals surface area contributed by atoms with Gasteiger partial charge in [-0.2, -0.15) is 0 Å². The maximum atomic E-state index is 2.37. The van der Waals surface area contributed by atoms with E-state index in [1.807, 2.05) is 0 Å². The lowest BCUT2D eigenvalue weighted by Crippen LogP contribution is -1.82. The first-order chi connectivity index (χ1) is 9.22. The molecule has 0 N–H and O–H groups in total. The molecule has 0 heterocycles. The number of rotatable bonds is 3. The Hall–Kier alpha value is -1.82. The third-order valence-electron chi connectivity index (χ3n) is 3.96. The molecule has 0 radical (unpaired) electrons. The molecule has 0 heteroatoms. The Balaban J connectivity index is 1.64. The summed E-state index contributed by atoms with van der Waals surface area (Å²) in [5.74, 6) is 1.46. The van der Waals surface area contributed by atoms with Crippen LogP contribution in [-0.4, -0.2) is 0 Å². The minimum absolute atomic E-state index is 0.726. The normalized spacial score (nSPS) is 21.8. The van der Waals surface area contributed by atoms with E-state index in [2.05, 4.69) is 74.5 Å². The summed E-state index contributed by atoms with van der Waals surface area (Å²) >= 11 is 0. The highest BCUT2D eigenvalue weighted by Crippen LogP contribution is 2.48. The van der Waals surface area contributed by atoms with Crippen molar-refractivity contribution in [3.63, 3.8) is 0 Å². The van der Waals surface area contributed by atoms with Crippen molar-refractivity contribution < 1.29 is 0 Å². The molecule has 0 aromatic heterocycles. The van der Waals surface area contributed by atoms with E-state index in [0.717, 1.165) is 11.8 Å². The van der Waals surface area contributed by atoms with E-state index < -0.39 is 0 Å². The van der Waals surface area contributed by atoms with Crippen molar-refractivity contribution in [2.75, 3.05) is 0 Å². The third-order valence-corrected chi connectivity index (χ3v) is 3.96. The molecule has 1 fully saturated rings. The van der Waals surface area contributed by atoms with Gasteiger partial charge < -0.3 is 0 Å². The summed E-state index contributed by atoms with van der Waals surface area (Å²) in [6.45, 7) is 4.27. The van der Waals surface area contributed by atoms with Crippen LogP contribution in [0.25, 0.3) is 6.08 Å². The molecule has 0 bridgehead atoms. The lowest BCUT2D eigenvalue weighted by molar-refractivity contribution is 1.01. The molecule has 96 valence electrons. The predicted octanol–water partition coefficient (Wildman–Crippen LogP) is 5.12. The number of allylic oxidation sites excluding steroid dienone is 1. The Morgan fingerprint density at radius 1 is 0.842 bits per heavy atom. The van der Waals surface area contributed by atoms with Crippen LogP contribution in [0.2, 0.25) is 0 Å². The molecule has 0 aliphatic heterocycles. The summed E-state index contributed by atoms with van der Waals surface area (Å²) in [5, 5.41) is 0. The van der Waals surface area contributed by atoms with Gasteiger partial charge in [0.05, 0.1) is 0 Å². The Bertz CT molecular complexity index is 572. The molecule has 1 aliphatic rings. The second-order valence-corrected chi connectivity index (χ2v) is 5.69. The second-order valence-electron chi connectivity index (χ2n) is 5.69. The molecule has 0 saturated heterocycles. The van der Waals surface area contributed by atoms with Crippen molar-refractivity contribution in [3.8, 4) is 0 Å². The second kappa shape index (κ2) is 5.05. The quantitative estimate of drug-likeness (QED) is 0.707. The van der Waals surface area contributed by atoms with Crippen molar-refractivity contribution in [3.05, 3.63) is 76.9 Å². The molecule has 2 aromatic rings. The highest BCUT2D eigenvalue weighted by molar-refractivity contribution is 5.51. The summed E-state index contributed by atoms with van der Waals surface area (Å²) in [4.78, 5) is 0. The van der Waals surface area contributed by atoms with Gasteiger partial charge in [0.1, 0.15) is 0 Å². The Morgan fingerprint density at radius 2 is 1.42 bits per heavy atom. The largest absolute Gasteiger partial charge is 0.0802 e. The van der Waals surface area contributed by atoms with Gasteiger partial charge in [-0.1, -0.05) is 71.8 Å². The fourth-order valence-corrected chi connectivity index (χ4v) is 2.54. The van der Waals surface area contributed by atoms with Crippen LogP contribution in [0.1, 0.15) is 34.6 Å². The number of hydrogen-bond donors (Lipinski definition) is 0. The van der Waals surface area contributed by atoms with Crippen LogP contribution in [0.5, 0.6) is 0 Å². The van der Waals surface area contributed by atoms with Crippen molar-refractivity contribution in [1.82, 2.24) is 0 Å². The van der Waals surface area contributed by atoms with Gasteiger partial charge in [0.25, 0.3) is 0 Å². The minimum atomic E-state index is 0.726. The monoisotopic (exact) mass is 248 g/mol. The average Bonchev–Trinajstić information content (AvgIpc) is 3.19. The van der Waals surface area contributed by atoms with Crippen molar-refractivity contribution in [1.29, 1.82) is 0 Å². The number of hydrogen-bond acceptors (Lipinski definition) is 0. The van der Waals surface area contributed by atoms with Gasteiger partial charge in [-0.15, -0.1) is 0 Å². The SMILES string of the molecule is Cc1ccc(/C=C/[C@H]2C[C@H]2c2ccc(C)cc2)cc1. The molecular weight excluding hydrogens is 228 g/mol. The maximum absolute atomic E-state index is 2.37. The molecule has 1 saturated carbocycles. The van der Waals surface area contributed by atoms with E-state index in [-0.39, 0.29) is 0 Å². The fraction of sp³-hybridized carbons (Fsp3) is 0.263. The van der Waals surface area contributed by atoms with Gasteiger partial charge in [-0.3, -0.25) is 0 Å². The smallest absolute Gasteiger partial charge is 0.00929 e. The Labute approximate surface area is 115 Å². The zero-order valence-electron chi connectivity index (χ0n) is 11.6. The highest BCUT2D eigenvalue weighted by Gasteiger charge is 2.35. The van der Waals surface area contributed by atoms with Crippen LogP contribution >= 0.6 is 0 Å². The molecule has 19 heavy (non-hydrogen) atoms. The van der Waals surface area contributed by atoms with Crippen molar-refractivity contribution >= 4 is 6.08 Å². The van der Waals surface area contributed by atoms with Gasteiger partial charge in [0.15, 0.2) is 0 Å². The Kier molecular flexibility index (Phi) is 3.25. The van der Waals surface area contributed by atoms with Gasteiger partial charge in [-0.05, 0) is 43.2 Å². The number of aryl methyl sites for hydroxylation is 2. The van der Waals surface area contributed by atoms with Gasteiger partial charge in [-0.25, -0.2) is 0 Å². The van der Waals surface area contributed by atoms with E-state index >= 15 is 0 Å². The van der Waals surface area contributed by atoms with Gasteiger partial charge >= 0.3 is 0 Å². The van der Waals surface area contributed by atoms with E-state index in [9.17, 15) is 0 Å². The summed E-state index contributed by atoms with van der Waals surface area (Å²) in [6, 6.07) is 17.7. The molecule has 2 aromatic carbocycles. The minimum Gasteiger partial charge on any atom is -0.0802 e. The standard InChI is InChI=1S/C19H20/c1-14-3-7-16(8-4-14)9-12-18-13-19(18)17-10-5-15(2)6-11-17/h3-12,18-19H,13H2,1-2H3/b12-9+/t18-,19-/m0/s1. The molecule has 2 atom stereocenters. The van der Waals surface area contributed by atoms with Crippen molar-refractivity contribution in [2.45, 2.75) is 26.2 Å². The summed E-state index contributed by atoms with van der Waals surface area (Å²) in [5.41, 5.74) is 5.46. The summed E-state index contributed by atoms with van der Waals surface area (Å²) in [6.07, 6.45) is 5.93. The molecule has 1 aliphatic carbocycles.